The first-order chi connectivity index (χ1) is 11.9. The molecule has 0 spiro atoms. The van der Waals surface area contributed by atoms with Crippen molar-refractivity contribution < 1.29 is 13.2 Å². The maximum Gasteiger partial charge on any atom is 0.270 e. The Morgan fingerprint density at radius 3 is 2.84 bits per heavy atom. The van der Waals surface area contributed by atoms with Gasteiger partial charge in [-0.1, -0.05) is 6.58 Å². The van der Waals surface area contributed by atoms with Crippen LogP contribution in [0.3, 0.4) is 0 Å². The Labute approximate surface area is 145 Å². The van der Waals surface area contributed by atoms with Crippen molar-refractivity contribution in [1.29, 1.82) is 0 Å². The maximum absolute atomic E-state index is 12.5. The van der Waals surface area contributed by atoms with E-state index in [2.05, 4.69) is 43.7 Å². The highest BCUT2D eigenvalue weighted by Gasteiger charge is 2.22. The van der Waals surface area contributed by atoms with Crippen LogP contribution in [0.4, 0.5) is 5.69 Å². The minimum atomic E-state index is -3.65. The molecule has 0 aliphatic carbocycles. The van der Waals surface area contributed by atoms with Gasteiger partial charge < -0.3 is 10.2 Å². The van der Waals surface area contributed by atoms with Gasteiger partial charge in [-0.15, -0.1) is 0 Å². The molecule has 10 heteroatoms. The van der Waals surface area contributed by atoms with E-state index in [0.29, 0.717) is 11.0 Å². The zero-order valence-electron chi connectivity index (χ0n) is 13.8. The van der Waals surface area contributed by atoms with Gasteiger partial charge in [-0.05, 0) is 39.0 Å². The maximum atomic E-state index is 12.5. The van der Waals surface area contributed by atoms with Crippen molar-refractivity contribution in [3.05, 3.63) is 29.9 Å². The second-order valence-electron chi connectivity index (χ2n) is 6.06. The smallest absolute Gasteiger partial charge is 0.270 e. The Morgan fingerprint density at radius 2 is 2.16 bits per heavy atom. The molecule has 3 N–H and O–H groups in total. The number of likely N-dealkylation sites (tertiary alicyclic amines) is 1. The molecule has 2 aromatic rings. The molecule has 0 aromatic carbocycles. The zero-order chi connectivity index (χ0) is 18.0. The van der Waals surface area contributed by atoms with Gasteiger partial charge in [0, 0.05) is 11.4 Å². The van der Waals surface area contributed by atoms with Crippen LogP contribution in [0.2, 0.25) is 0 Å². The summed E-state index contributed by atoms with van der Waals surface area (Å²) in [4.78, 5) is 18.8. The number of carbonyl (C=O) groups excluding carboxylic acids is 1. The predicted molar refractivity (Wildman–Crippen MR) is 94.6 cm³/mol. The van der Waals surface area contributed by atoms with E-state index in [1.54, 1.807) is 0 Å². The molecule has 1 saturated heterocycles. The van der Waals surface area contributed by atoms with E-state index >= 15 is 0 Å². The molecule has 1 fully saturated rings. The van der Waals surface area contributed by atoms with Crippen molar-refractivity contribution in [2.45, 2.75) is 18.9 Å². The molecule has 9 nitrogen and oxygen atoms in total. The molecular weight excluding hydrogens is 344 g/mol. The number of fused-ring (bicyclic) bond motifs is 1. The lowest BCUT2D eigenvalue weighted by molar-refractivity contribution is 0.0913. The minimum absolute atomic E-state index is 0.109. The van der Waals surface area contributed by atoms with Gasteiger partial charge in [0.15, 0.2) is 5.65 Å². The van der Waals surface area contributed by atoms with Crippen molar-refractivity contribution in [1.82, 2.24) is 25.4 Å². The van der Waals surface area contributed by atoms with E-state index in [-0.39, 0.29) is 23.3 Å². The Bertz CT molecular complexity index is 899. The van der Waals surface area contributed by atoms with Gasteiger partial charge in [-0.25, -0.2) is 13.4 Å². The van der Waals surface area contributed by atoms with E-state index in [4.69, 9.17) is 0 Å². The average molecular weight is 364 g/mol. The normalized spacial score (nSPS) is 16.7. The number of hydrogen-bond acceptors (Lipinski definition) is 6. The fourth-order valence-electron chi connectivity index (χ4n) is 2.75. The summed E-state index contributed by atoms with van der Waals surface area (Å²) in [5, 5.41) is 10.9. The lowest BCUT2D eigenvalue weighted by Crippen LogP contribution is -2.43. The van der Waals surface area contributed by atoms with Crippen LogP contribution in [-0.2, 0) is 10.0 Å². The number of hydrogen-bond donors (Lipinski definition) is 3. The molecule has 134 valence electrons. The highest BCUT2D eigenvalue weighted by atomic mass is 32.2. The molecule has 0 atom stereocenters. The van der Waals surface area contributed by atoms with Crippen LogP contribution in [-0.4, -0.2) is 60.6 Å². The third-order valence-electron chi connectivity index (χ3n) is 4.17. The first-order valence-electron chi connectivity index (χ1n) is 7.87. The van der Waals surface area contributed by atoms with Crippen molar-refractivity contribution in [3.63, 3.8) is 0 Å². The number of carbonyl (C=O) groups is 1. The molecule has 3 heterocycles. The molecule has 1 aliphatic rings. The minimum Gasteiger partial charge on any atom is -0.348 e. The number of sulfonamides is 1. The molecule has 0 radical (unpaired) electrons. The SMILES string of the molecule is C=CS(=O)(=O)Nc1cnc2n[nH]c(C(=O)NC3CCN(C)CC3)c2c1. The van der Waals surface area contributed by atoms with E-state index in [0.717, 1.165) is 31.3 Å². The van der Waals surface area contributed by atoms with Crippen LogP contribution in [0.15, 0.2) is 24.3 Å². The molecule has 2 aromatic heterocycles. The standard InChI is InChI=1S/C15H20N6O3S/c1-3-25(23,24)20-11-8-12-13(18-19-14(12)16-9-11)15(22)17-10-4-6-21(2)7-5-10/h3,8-10,20H,1,4-7H2,2H3,(H,17,22)(H,16,18,19). The molecule has 0 unspecified atom stereocenters. The van der Waals surface area contributed by atoms with Gasteiger partial charge in [0.2, 0.25) is 0 Å². The van der Waals surface area contributed by atoms with Crippen LogP contribution in [0.1, 0.15) is 23.3 Å². The Hall–Kier alpha value is -2.46. The van der Waals surface area contributed by atoms with Crippen molar-refractivity contribution in [2.75, 3.05) is 24.9 Å². The second kappa shape index (κ2) is 6.81. The zero-order valence-corrected chi connectivity index (χ0v) is 14.6. The van der Waals surface area contributed by atoms with Crippen LogP contribution >= 0.6 is 0 Å². The molecule has 0 saturated carbocycles. The largest absolute Gasteiger partial charge is 0.348 e. The van der Waals surface area contributed by atoms with Crippen LogP contribution in [0, 0.1) is 0 Å². The number of aromatic nitrogens is 3. The Kier molecular flexibility index (Phi) is 4.73. The van der Waals surface area contributed by atoms with E-state index in [9.17, 15) is 13.2 Å². The summed E-state index contributed by atoms with van der Waals surface area (Å²) >= 11 is 0. The van der Waals surface area contributed by atoms with E-state index < -0.39 is 10.0 Å². The monoisotopic (exact) mass is 364 g/mol. The summed E-state index contributed by atoms with van der Waals surface area (Å²) in [5.41, 5.74) is 0.846. The van der Waals surface area contributed by atoms with Gasteiger partial charge in [0.1, 0.15) is 5.69 Å². The third-order valence-corrected chi connectivity index (χ3v) is 5.13. The number of amides is 1. The molecular formula is C15H20N6O3S. The summed E-state index contributed by atoms with van der Waals surface area (Å²) in [6.45, 7) is 5.11. The number of anilines is 1. The Balaban J connectivity index is 1.81. The quantitative estimate of drug-likeness (QED) is 0.717. The predicted octanol–water partition coefficient (Wildman–Crippen LogP) is 0.667. The number of piperidine rings is 1. The first-order valence-corrected chi connectivity index (χ1v) is 9.41. The van der Waals surface area contributed by atoms with E-state index in [1.165, 1.54) is 12.3 Å². The molecule has 0 bridgehead atoms. The number of H-pyrrole nitrogens is 1. The molecule has 1 amide bonds. The topological polar surface area (TPSA) is 120 Å². The van der Waals surface area contributed by atoms with Gasteiger partial charge >= 0.3 is 0 Å². The molecule has 1 aliphatic heterocycles. The highest BCUT2D eigenvalue weighted by Crippen LogP contribution is 2.20. The van der Waals surface area contributed by atoms with Crippen LogP contribution in [0.25, 0.3) is 11.0 Å². The summed E-state index contributed by atoms with van der Waals surface area (Å²) in [5.74, 6) is -0.275. The van der Waals surface area contributed by atoms with Crippen molar-refractivity contribution in [3.8, 4) is 0 Å². The third kappa shape index (κ3) is 3.97. The van der Waals surface area contributed by atoms with Gasteiger partial charge in [0.25, 0.3) is 15.9 Å². The highest BCUT2D eigenvalue weighted by molar-refractivity contribution is 7.95. The summed E-state index contributed by atoms with van der Waals surface area (Å²) in [6.07, 6.45) is 3.11. The summed E-state index contributed by atoms with van der Waals surface area (Å²) in [6, 6.07) is 1.63. The molecule has 25 heavy (non-hydrogen) atoms. The lowest BCUT2D eigenvalue weighted by Gasteiger charge is -2.29. The molecule has 3 rings (SSSR count). The fourth-order valence-corrected chi connectivity index (χ4v) is 3.27. The first kappa shape index (κ1) is 17.4. The van der Waals surface area contributed by atoms with E-state index in [1.807, 2.05) is 0 Å². The summed E-state index contributed by atoms with van der Waals surface area (Å²) < 4.78 is 25.5. The average Bonchev–Trinajstić information content (AvgIpc) is 3.00. The fraction of sp³-hybridized carbons (Fsp3) is 0.400. The number of rotatable bonds is 5. The van der Waals surface area contributed by atoms with Gasteiger partial charge in [0.05, 0.1) is 17.3 Å². The number of nitrogens with zero attached hydrogens (tertiary/aromatic N) is 3. The Morgan fingerprint density at radius 1 is 1.44 bits per heavy atom. The number of pyridine rings is 1. The number of aromatic amines is 1. The van der Waals surface area contributed by atoms with Crippen molar-refractivity contribution in [2.24, 2.45) is 0 Å². The lowest BCUT2D eigenvalue weighted by atomic mass is 10.1. The summed E-state index contributed by atoms with van der Waals surface area (Å²) in [7, 11) is -1.59. The van der Waals surface area contributed by atoms with Crippen LogP contribution < -0.4 is 10.0 Å². The van der Waals surface area contributed by atoms with Gasteiger partial charge in [-0.3, -0.25) is 14.6 Å². The number of nitrogens with one attached hydrogen (secondary N) is 3. The van der Waals surface area contributed by atoms with Crippen molar-refractivity contribution >= 4 is 32.7 Å². The van der Waals surface area contributed by atoms with Gasteiger partial charge in [-0.2, -0.15) is 5.10 Å². The van der Waals surface area contributed by atoms with Crippen LogP contribution in [0.5, 0.6) is 0 Å². The second-order valence-corrected chi connectivity index (χ2v) is 7.69.